The summed E-state index contributed by atoms with van der Waals surface area (Å²) in [6.07, 6.45) is 0.886. The van der Waals surface area contributed by atoms with Crippen LogP contribution in [-0.2, 0) is 6.16 Å². The molecule has 0 bridgehead atoms. The highest BCUT2D eigenvalue weighted by atomic mass is 79.9. The Bertz CT molecular complexity index is 957. The molecule has 0 aliphatic heterocycles. The number of hydrogen-bond donors (Lipinski definition) is 0. The van der Waals surface area contributed by atoms with E-state index < -0.39 is 7.26 Å². The summed E-state index contributed by atoms with van der Waals surface area (Å²) in [6.45, 7) is 0. The molecule has 0 unspecified atom stereocenters. The Labute approximate surface area is 197 Å². The van der Waals surface area contributed by atoms with Crippen LogP contribution in [0.2, 0.25) is 5.02 Å². The highest BCUT2D eigenvalue weighted by Crippen LogP contribution is 2.58. The van der Waals surface area contributed by atoms with Crippen LogP contribution in [0.25, 0.3) is 0 Å². The lowest BCUT2D eigenvalue weighted by Crippen LogP contribution is -3.00. The molecule has 0 aliphatic rings. The Morgan fingerprint density at radius 2 is 1.03 bits per heavy atom. The Morgan fingerprint density at radius 3 is 1.41 bits per heavy atom. The molecule has 0 nitrogen and oxygen atoms in total. The minimum absolute atomic E-state index is 0. The zero-order valence-corrected chi connectivity index (χ0v) is 20.5. The van der Waals surface area contributed by atoms with E-state index in [1.165, 1.54) is 21.5 Å². The highest BCUT2D eigenvalue weighted by molar-refractivity contribution is 9.10. The molecule has 0 aromatic heterocycles. The van der Waals surface area contributed by atoms with Gasteiger partial charge in [0.1, 0.15) is 23.2 Å². The average Bonchev–Trinajstić information content (AvgIpc) is 2.75. The maximum atomic E-state index is 6.69. The number of rotatable bonds is 5. The summed E-state index contributed by atoms with van der Waals surface area (Å²) in [7, 11) is -1.92. The third-order valence-corrected chi connectivity index (χ3v) is 10.2. The Hall–Kier alpha value is -1.44. The van der Waals surface area contributed by atoms with E-state index in [2.05, 4.69) is 119 Å². The second-order valence-corrected chi connectivity index (χ2v) is 11.5. The first-order valence-electron chi connectivity index (χ1n) is 9.19. The summed E-state index contributed by atoms with van der Waals surface area (Å²) in [6, 6.07) is 38.9. The molecule has 29 heavy (non-hydrogen) atoms. The molecular formula is C25H20Br2ClP. The van der Waals surface area contributed by atoms with E-state index in [0.29, 0.717) is 0 Å². The topological polar surface area (TPSA) is 0 Å². The molecule has 0 fully saturated rings. The normalized spacial score (nSPS) is 11.0. The van der Waals surface area contributed by atoms with E-state index >= 15 is 0 Å². The molecule has 4 aromatic carbocycles. The maximum absolute atomic E-state index is 6.69. The molecule has 0 N–H and O–H groups in total. The van der Waals surface area contributed by atoms with Crippen LogP contribution in [0, 0.1) is 0 Å². The minimum Gasteiger partial charge on any atom is -1.00 e. The van der Waals surface area contributed by atoms with Crippen molar-refractivity contribution in [2.45, 2.75) is 6.16 Å². The third kappa shape index (κ3) is 4.67. The van der Waals surface area contributed by atoms with E-state index in [1.54, 1.807) is 0 Å². The summed E-state index contributed by atoms with van der Waals surface area (Å²) in [5, 5.41) is 4.91. The van der Waals surface area contributed by atoms with E-state index in [1.807, 2.05) is 6.07 Å². The van der Waals surface area contributed by atoms with Gasteiger partial charge >= 0.3 is 0 Å². The van der Waals surface area contributed by atoms with Gasteiger partial charge in [-0.15, -0.1) is 0 Å². The Kier molecular flexibility index (Phi) is 7.71. The SMILES string of the molecule is Clc1cc(Br)ccc1C[P+](c1ccccc1)(c1ccccc1)c1ccccc1.[Br-]. The molecule has 0 spiro atoms. The standard InChI is InChI=1S/C25H20BrClP.BrH/c26-21-17-16-20(25(27)18-21)19-28(22-10-4-1-5-11-22,23-12-6-2-7-13-23)24-14-8-3-9-15-24;/h1-18H,19H2;1H/q+1;/p-1. The predicted molar refractivity (Wildman–Crippen MR) is 128 cm³/mol. The number of hydrogen-bond acceptors (Lipinski definition) is 0. The van der Waals surface area contributed by atoms with Gasteiger partial charge in [0.05, 0.1) is 6.16 Å². The Balaban J connectivity index is 0.00000240. The molecule has 0 atom stereocenters. The molecule has 0 saturated heterocycles. The van der Waals surface area contributed by atoms with E-state index in [-0.39, 0.29) is 17.0 Å². The van der Waals surface area contributed by atoms with Crippen molar-refractivity contribution in [1.82, 2.24) is 0 Å². The van der Waals surface area contributed by atoms with Crippen LogP contribution in [-0.4, -0.2) is 0 Å². The van der Waals surface area contributed by atoms with Crippen LogP contribution in [0.5, 0.6) is 0 Å². The van der Waals surface area contributed by atoms with E-state index in [4.69, 9.17) is 11.6 Å². The highest BCUT2D eigenvalue weighted by Gasteiger charge is 2.45. The van der Waals surface area contributed by atoms with Crippen molar-refractivity contribution in [2.24, 2.45) is 0 Å². The Morgan fingerprint density at radius 1 is 0.621 bits per heavy atom. The summed E-state index contributed by atoms with van der Waals surface area (Å²) < 4.78 is 1.00. The van der Waals surface area contributed by atoms with Crippen LogP contribution in [0.3, 0.4) is 0 Å². The van der Waals surface area contributed by atoms with Crippen molar-refractivity contribution in [2.75, 3.05) is 0 Å². The van der Waals surface area contributed by atoms with Crippen LogP contribution in [0.1, 0.15) is 5.56 Å². The van der Waals surface area contributed by atoms with Gasteiger partial charge in [0.25, 0.3) is 0 Å². The smallest absolute Gasteiger partial charge is 0.116 e. The van der Waals surface area contributed by atoms with Crippen molar-refractivity contribution >= 4 is 50.7 Å². The molecule has 0 heterocycles. The first-order valence-corrected chi connectivity index (χ1v) is 12.3. The predicted octanol–water partition coefficient (Wildman–Crippen LogP) is 3.60. The molecule has 0 saturated carbocycles. The number of benzene rings is 4. The number of halogens is 3. The van der Waals surface area contributed by atoms with Gasteiger partial charge in [-0.25, -0.2) is 0 Å². The largest absolute Gasteiger partial charge is 1.00 e. The van der Waals surface area contributed by atoms with Crippen LogP contribution in [0.4, 0.5) is 0 Å². The van der Waals surface area contributed by atoms with Crippen molar-refractivity contribution in [3.05, 3.63) is 124 Å². The second-order valence-electron chi connectivity index (χ2n) is 6.71. The lowest BCUT2D eigenvalue weighted by atomic mass is 10.2. The first-order chi connectivity index (χ1) is 13.7. The van der Waals surface area contributed by atoms with Crippen molar-refractivity contribution in [3.8, 4) is 0 Å². The molecule has 4 aromatic rings. The quantitative estimate of drug-likeness (QED) is 0.336. The zero-order chi connectivity index (χ0) is 19.4. The molecule has 0 radical (unpaired) electrons. The van der Waals surface area contributed by atoms with Gasteiger partial charge < -0.3 is 17.0 Å². The zero-order valence-electron chi connectivity index (χ0n) is 15.7. The van der Waals surface area contributed by atoms with Crippen LogP contribution in [0.15, 0.2) is 114 Å². The third-order valence-electron chi connectivity index (χ3n) is 5.01. The van der Waals surface area contributed by atoms with Gasteiger partial charge in [0.2, 0.25) is 0 Å². The van der Waals surface area contributed by atoms with Gasteiger partial charge in [-0.1, -0.05) is 88.2 Å². The monoisotopic (exact) mass is 544 g/mol. The van der Waals surface area contributed by atoms with E-state index in [0.717, 1.165) is 15.7 Å². The summed E-state index contributed by atoms with van der Waals surface area (Å²) in [5.41, 5.74) is 1.18. The molecule has 0 amide bonds. The fourth-order valence-corrected chi connectivity index (χ4v) is 8.78. The van der Waals surface area contributed by atoms with Gasteiger partial charge in [-0.2, -0.15) is 0 Å². The molecule has 0 aliphatic carbocycles. The van der Waals surface area contributed by atoms with Gasteiger partial charge in [0.15, 0.2) is 0 Å². The van der Waals surface area contributed by atoms with Crippen molar-refractivity contribution in [3.63, 3.8) is 0 Å². The van der Waals surface area contributed by atoms with Crippen molar-refractivity contribution < 1.29 is 17.0 Å². The van der Waals surface area contributed by atoms with Crippen LogP contribution >= 0.6 is 34.8 Å². The van der Waals surface area contributed by atoms with Crippen LogP contribution < -0.4 is 32.9 Å². The van der Waals surface area contributed by atoms with Crippen molar-refractivity contribution in [1.29, 1.82) is 0 Å². The second kappa shape index (κ2) is 10.0. The summed E-state index contributed by atoms with van der Waals surface area (Å²) in [5.74, 6) is 0. The van der Waals surface area contributed by atoms with E-state index in [9.17, 15) is 0 Å². The fourth-order valence-electron chi connectivity index (χ4n) is 3.67. The fraction of sp³-hybridized carbons (Fsp3) is 0.0400. The lowest BCUT2D eigenvalue weighted by molar-refractivity contribution is -0.00000520. The molecule has 4 rings (SSSR count). The molecule has 146 valence electrons. The summed E-state index contributed by atoms with van der Waals surface area (Å²) >= 11 is 10.2. The van der Waals surface area contributed by atoms with Gasteiger partial charge in [0, 0.05) is 15.1 Å². The molecule has 4 heteroatoms. The van der Waals surface area contributed by atoms with Gasteiger partial charge in [-0.05, 0) is 48.5 Å². The molecular weight excluding hydrogens is 527 g/mol. The summed E-state index contributed by atoms with van der Waals surface area (Å²) in [4.78, 5) is 0. The minimum atomic E-state index is -1.92. The average molecular weight is 547 g/mol. The maximum Gasteiger partial charge on any atom is 0.116 e. The first kappa shape index (κ1) is 22.2. The van der Waals surface area contributed by atoms with Gasteiger partial charge in [-0.3, -0.25) is 0 Å². The lowest BCUT2D eigenvalue weighted by Gasteiger charge is -2.28.